The lowest BCUT2D eigenvalue weighted by Gasteiger charge is -1.91. The van der Waals surface area contributed by atoms with Gasteiger partial charge in [0.15, 0.2) is 5.65 Å². The minimum absolute atomic E-state index is 0.205. The van der Waals surface area contributed by atoms with Gasteiger partial charge < -0.3 is 5.73 Å². The average Bonchev–Trinajstić information content (AvgIpc) is 2.29. The van der Waals surface area contributed by atoms with E-state index in [2.05, 4.69) is 15.1 Å². The van der Waals surface area contributed by atoms with Crippen molar-refractivity contribution in [2.45, 2.75) is 0 Å². The molecule has 0 amide bonds. The second kappa shape index (κ2) is 2.44. The number of hydrogen-bond acceptors (Lipinski definition) is 4. The number of hydrogen-bond donors (Lipinski definition) is 2. The Bertz CT molecular complexity index is 486. The van der Waals surface area contributed by atoms with Crippen LogP contribution in [-0.4, -0.2) is 18.0 Å². The Hall–Kier alpha value is -1.12. The summed E-state index contributed by atoms with van der Waals surface area (Å²) >= 11 is 1.91. The number of nitrogens with one attached hydrogen (secondary N) is 1. The van der Waals surface area contributed by atoms with Crippen molar-refractivity contribution in [3.05, 3.63) is 16.7 Å². The van der Waals surface area contributed by atoms with Gasteiger partial charge in [-0.1, -0.05) is 0 Å². The molecule has 0 fully saturated rings. The Morgan fingerprint density at radius 1 is 1.58 bits per heavy atom. The SMILES string of the molecule is Nc1ncnc2c1c(=O)[nH]n2I. The van der Waals surface area contributed by atoms with Crippen LogP contribution in [0.1, 0.15) is 0 Å². The molecule has 0 saturated carbocycles. The molecule has 2 rings (SSSR count). The highest BCUT2D eigenvalue weighted by Gasteiger charge is 2.09. The predicted octanol–water partition coefficient (Wildman–Crippen LogP) is -0.100. The molecule has 0 aliphatic heterocycles. The van der Waals surface area contributed by atoms with Gasteiger partial charge in [-0.3, -0.25) is 9.89 Å². The smallest absolute Gasteiger partial charge is 0.278 e. The number of anilines is 1. The number of nitrogens with zero attached hydrogens (tertiary/aromatic N) is 3. The van der Waals surface area contributed by atoms with E-state index in [-0.39, 0.29) is 11.4 Å². The maximum atomic E-state index is 11.2. The van der Waals surface area contributed by atoms with Crippen LogP contribution in [0.2, 0.25) is 0 Å². The van der Waals surface area contributed by atoms with Crippen molar-refractivity contribution in [2.24, 2.45) is 0 Å². The third-order valence-electron chi connectivity index (χ3n) is 1.47. The van der Waals surface area contributed by atoms with E-state index in [0.717, 1.165) is 0 Å². The summed E-state index contributed by atoms with van der Waals surface area (Å²) < 4.78 is 1.48. The van der Waals surface area contributed by atoms with Crippen LogP contribution in [-0.2, 0) is 0 Å². The molecular formula is C5H4IN5O. The van der Waals surface area contributed by atoms with Crippen LogP contribution in [0.15, 0.2) is 11.1 Å². The van der Waals surface area contributed by atoms with Gasteiger partial charge in [0.05, 0.1) is 22.9 Å². The molecule has 7 heteroatoms. The van der Waals surface area contributed by atoms with Gasteiger partial charge in [-0.05, 0) is 0 Å². The normalized spacial score (nSPS) is 10.8. The highest BCUT2D eigenvalue weighted by Crippen LogP contribution is 2.12. The summed E-state index contributed by atoms with van der Waals surface area (Å²) in [5.41, 5.74) is 5.72. The lowest BCUT2D eigenvalue weighted by atomic mass is 10.4. The minimum atomic E-state index is -0.266. The van der Waals surface area contributed by atoms with Crippen molar-refractivity contribution < 1.29 is 0 Å². The van der Waals surface area contributed by atoms with Crippen molar-refractivity contribution >= 4 is 39.7 Å². The molecule has 0 aromatic carbocycles. The van der Waals surface area contributed by atoms with Crippen LogP contribution in [0.4, 0.5) is 5.82 Å². The van der Waals surface area contributed by atoms with Crippen LogP contribution in [0.3, 0.4) is 0 Å². The number of halogens is 1. The first kappa shape index (κ1) is 7.53. The Morgan fingerprint density at radius 3 is 3.00 bits per heavy atom. The summed E-state index contributed by atoms with van der Waals surface area (Å²) in [6.07, 6.45) is 1.32. The zero-order valence-corrected chi connectivity index (χ0v) is 7.94. The first-order chi connectivity index (χ1) is 5.70. The monoisotopic (exact) mass is 277 g/mol. The molecule has 0 bridgehead atoms. The average molecular weight is 277 g/mol. The molecule has 62 valence electrons. The summed E-state index contributed by atoms with van der Waals surface area (Å²) in [5, 5.41) is 2.86. The molecule has 0 radical (unpaired) electrons. The van der Waals surface area contributed by atoms with Gasteiger partial charge in [0.1, 0.15) is 17.5 Å². The number of aromatic amines is 1. The third-order valence-corrected chi connectivity index (χ3v) is 2.17. The van der Waals surface area contributed by atoms with Crippen LogP contribution in [0.5, 0.6) is 0 Å². The second-order valence-corrected chi connectivity index (χ2v) is 3.14. The molecule has 2 heterocycles. The minimum Gasteiger partial charge on any atom is -0.383 e. The van der Waals surface area contributed by atoms with E-state index in [0.29, 0.717) is 11.0 Å². The van der Waals surface area contributed by atoms with Crippen molar-refractivity contribution in [2.75, 3.05) is 5.73 Å². The summed E-state index contributed by atoms with van der Waals surface area (Å²) in [5.74, 6) is 0.205. The van der Waals surface area contributed by atoms with E-state index >= 15 is 0 Å². The molecule has 2 aromatic rings. The van der Waals surface area contributed by atoms with Gasteiger partial charge in [-0.2, -0.15) is 0 Å². The molecule has 0 unspecified atom stereocenters. The van der Waals surface area contributed by atoms with Gasteiger partial charge in [0.25, 0.3) is 5.56 Å². The molecule has 6 nitrogen and oxygen atoms in total. The number of nitrogens with two attached hydrogens (primary N) is 1. The van der Waals surface area contributed by atoms with E-state index in [1.54, 1.807) is 0 Å². The Labute approximate surface area is 80.3 Å². The van der Waals surface area contributed by atoms with E-state index in [9.17, 15) is 4.79 Å². The Kier molecular flexibility index (Phi) is 1.53. The molecule has 0 spiro atoms. The molecule has 0 saturated heterocycles. The zero-order chi connectivity index (χ0) is 8.72. The highest BCUT2D eigenvalue weighted by atomic mass is 127. The maximum Gasteiger partial charge on any atom is 0.278 e. The highest BCUT2D eigenvalue weighted by molar-refractivity contribution is 14.1. The molecule has 12 heavy (non-hydrogen) atoms. The molecule has 0 atom stereocenters. The molecule has 2 aromatic heterocycles. The van der Waals surface area contributed by atoms with Gasteiger partial charge >= 0.3 is 0 Å². The molecule has 3 N–H and O–H groups in total. The third kappa shape index (κ3) is 0.891. The first-order valence-electron chi connectivity index (χ1n) is 3.07. The fourth-order valence-corrected chi connectivity index (χ4v) is 1.54. The number of aromatic nitrogens is 4. The maximum absolute atomic E-state index is 11.2. The van der Waals surface area contributed by atoms with Gasteiger partial charge in [-0.25, -0.2) is 12.9 Å². The Balaban J connectivity index is 3.09. The molecule has 0 aliphatic rings. The van der Waals surface area contributed by atoms with Crippen molar-refractivity contribution in [1.29, 1.82) is 0 Å². The van der Waals surface area contributed by atoms with Gasteiger partial charge in [0.2, 0.25) is 0 Å². The van der Waals surface area contributed by atoms with Crippen LogP contribution < -0.4 is 11.3 Å². The molecule has 0 aliphatic carbocycles. The lowest BCUT2D eigenvalue weighted by Crippen LogP contribution is -2.02. The summed E-state index contributed by atoms with van der Waals surface area (Å²) in [6.45, 7) is 0. The fraction of sp³-hybridized carbons (Fsp3) is 0. The fourth-order valence-electron chi connectivity index (χ4n) is 0.954. The second-order valence-electron chi connectivity index (χ2n) is 2.18. The van der Waals surface area contributed by atoms with Crippen molar-refractivity contribution in [3.8, 4) is 0 Å². The van der Waals surface area contributed by atoms with Crippen LogP contribution in [0.25, 0.3) is 11.0 Å². The Morgan fingerprint density at radius 2 is 2.33 bits per heavy atom. The van der Waals surface area contributed by atoms with Crippen LogP contribution >= 0.6 is 22.9 Å². The van der Waals surface area contributed by atoms with Crippen molar-refractivity contribution in [3.63, 3.8) is 0 Å². The lowest BCUT2D eigenvalue weighted by molar-refractivity contribution is 1.03. The number of nitrogen functional groups attached to an aromatic ring is 1. The van der Waals surface area contributed by atoms with Crippen molar-refractivity contribution in [1.82, 2.24) is 18.0 Å². The topological polar surface area (TPSA) is 89.6 Å². The predicted molar refractivity (Wildman–Crippen MR) is 52.0 cm³/mol. The van der Waals surface area contributed by atoms with Gasteiger partial charge in [-0.15, -0.1) is 0 Å². The number of rotatable bonds is 0. The first-order valence-corrected chi connectivity index (χ1v) is 4.04. The van der Waals surface area contributed by atoms with E-state index in [4.69, 9.17) is 5.73 Å². The van der Waals surface area contributed by atoms with E-state index in [1.165, 1.54) is 9.22 Å². The summed E-state index contributed by atoms with van der Waals surface area (Å²) in [7, 11) is 0. The standard InChI is InChI=1S/C5H4IN5O/c6-11-4-2(5(12)10-11)3(7)8-1-9-4/h1H,(H,10,12)(H2,7,8,9). The summed E-state index contributed by atoms with van der Waals surface area (Å²) in [4.78, 5) is 18.8. The van der Waals surface area contributed by atoms with E-state index in [1.807, 2.05) is 22.9 Å². The molecular weight excluding hydrogens is 273 g/mol. The largest absolute Gasteiger partial charge is 0.383 e. The van der Waals surface area contributed by atoms with E-state index < -0.39 is 0 Å². The number of fused-ring (bicyclic) bond motifs is 1. The van der Waals surface area contributed by atoms with Crippen LogP contribution in [0, 0.1) is 0 Å². The number of H-pyrrole nitrogens is 1. The quantitative estimate of drug-likeness (QED) is 0.658. The summed E-state index contributed by atoms with van der Waals surface area (Å²) in [6, 6.07) is 0. The van der Waals surface area contributed by atoms with Gasteiger partial charge in [0, 0.05) is 0 Å². The zero-order valence-electron chi connectivity index (χ0n) is 5.78.